The van der Waals surface area contributed by atoms with E-state index in [9.17, 15) is 0 Å². The van der Waals surface area contributed by atoms with E-state index in [2.05, 4.69) is 59.7 Å². The Balaban J connectivity index is 1.41. The Morgan fingerprint density at radius 2 is 1.86 bits per heavy atom. The monoisotopic (exact) mass is 377 g/mol. The lowest BCUT2D eigenvalue weighted by atomic mass is 10.2. The molecule has 0 bridgehead atoms. The fourth-order valence-electron chi connectivity index (χ4n) is 4.21. The Morgan fingerprint density at radius 1 is 1.04 bits per heavy atom. The second kappa shape index (κ2) is 8.78. The number of hydrogen-bond donors (Lipinski definition) is 0. The van der Waals surface area contributed by atoms with Crippen molar-refractivity contribution in [2.75, 3.05) is 19.7 Å². The maximum absolute atomic E-state index is 5.92. The zero-order valence-corrected chi connectivity index (χ0v) is 17.1. The Bertz CT molecular complexity index is 911. The van der Waals surface area contributed by atoms with Crippen LogP contribution in [0.1, 0.15) is 50.0 Å². The summed E-state index contributed by atoms with van der Waals surface area (Å²) >= 11 is 0. The highest BCUT2D eigenvalue weighted by atomic mass is 16.5. The van der Waals surface area contributed by atoms with Gasteiger partial charge in [-0.15, -0.1) is 0 Å². The zero-order valence-electron chi connectivity index (χ0n) is 17.1. The zero-order chi connectivity index (χ0) is 19.3. The first-order chi connectivity index (χ1) is 13.7. The topological polar surface area (TPSA) is 30.3 Å². The summed E-state index contributed by atoms with van der Waals surface area (Å²) < 4.78 is 8.36. The van der Waals surface area contributed by atoms with Gasteiger partial charge in [0.15, 0.2) is 0 Å². The lowest BCUT2D eigenvalue weighted by Crippen LogP contribution is -2.26. The van der Waals surface area contributed by atoms with E-state index in [4.69, 9.17) is 9.72 Å². The summed E-state index contributed by atoms with van der Waals surface area (Å²) in [4.78, 5) is 7.57. The second-order valence-electron chi connectivity index (χ2n) is 7.90. The van der Waals surface area contributed by atoms with Crippen LogP contribution < -0.4 is 4.74 Å². The summed E-state index contributed by atoms with van der Waals surface area (Å²) in [6, 6.07) is 17.2. The molecule has 2 heterocycles. The third-order valence-corrected chi connectivity index (χ3v) is 5.78. The van der Waals surface area contributed by atoms with Crippen LogP contribution in [0.25, 0.3) is 11.0 Å². The molecule has 28 heavy (non-hydrogen) atoms. The van der Waals surface area contributed by atoms with Gasteiger partial charge in [0.1, 0.15) is 11.6 Å². The number of para-hydroxylation sites is 2. The minimum absolute atomic E-state index is 0.374. The van der Waals surface area contributed by atoms with Crippen LogP contribution in [0.5, 0.6) is 5.75 Å². The molecule has 1 unspecified atom stereocenters. The standard InChI is InChI=1S/C24H31N3O/c1-19-10-9-11-21(18-19)28-17-8-7-16-27-23-13-4-3-12-22(23)25-24(27)20(2)26-14-5-6-15-26/h3-4,9-13,18,20H,5-8,14-17H2,1-2H3. The molecule has 1 aliphatic heterocycles. The average molecular weight is 378 g/mol. The average Bonchev–Trinajstić information content (AvgIpc) is 3.36. The van der Waals surface area contributed by atoms with E-state index in [-0.39, 0.29) is 0 Å². The van der Waals surface area contributed by atoms with Crippen LogP contribution in [-0.2, 0) is 6.54 Å². The molecule has 3 aromatic rings. The summed E-state index contributed by atoms with van der Waals surface area (Å²) in [6.07, 6.45) is 4.74. The number of likely N-dealkylation sites (tertiary alicyclic amines) is 1. The number of ether oxygens (including phenoxy) is 1. The van der Waals surface area contributed by atoms with E-state index in [1.165, 1.54) is 42.8 Å². The highest BCUT2D eigenvalue weighted by Crippen LogP contribution is 2.27. The first kappa shape index (κ1) is 19.0. The summed E-state index contributed by atoms with van der Waals surface area (Å²) in [5, 5.41) is 0. The van der Waals surface area contributed by atoms with E-state index < -0.39 is 0 Å². The molecule has 0 N–H and O–H groups in total. The lowest BCUT2D eigenvalue weighted by molar-refractivity contribution is 0.247. The van der Waals surface area contributed by atoms with Crippen LogP contribution >= 0.6 is 0 Å². The third kappa shape index (κ3) is 4.22. The van der Waals surface area contributed by atoms with Crippen molar-refractivity contribution in [3.63, 3.8) is 0 Å². The molecular formula is C24H31N3O. The SMILES string of the molecule is Cc1cccc(OCCCCn2c(C(C)N3CCCC3)nc3ccccc32)c1. The molecule has 0 radical (unpaired) electrons. The molecule has 4 heteroatoms. The summed E-state index contributed by atoms with van der Waals surface area (Å²) in [6.45, 7) is 8.53. The smallest absolute Gasteiger partial charge is 0.127 e. The van der Waals surface area contributed by atoms with E-state index in [0.717, 1.165) is 37.3 Å². The number of fused-ring (bicyclic) bond motifs is 1. The fraction of sp³-hybridized carbons (Fsp3) is 0.458. The predicted octanol–water partition coefficient (Wildman–Crippen LogP) is 5.36. The number of hydrogen-bond acceptors (Lipinski definition) is 3. The van der Waals surface area contributed by atoms with Crippen molar-refractivity contribution in [1.29, 1.82) is 0 Å². The second-order valence-corrected chi connectivity index (χ2v) is 7.90. The number of rotatable bonds is 8. The number of unbranched alkanes of at least 4 members (excludes halogenated alkanes) is 1. The molecule has 4 rings (SSSR count). The Kier molecular flexibility index (Phi) is 5.96. The van der Waals surface area contributed by atoms with Crippen LogP contribution in [0.3, 0.4) is 0 Å². The third-order valence-electron chi connectivity index (χ3n) is 5.78. The largest absolute Gasteiger partial charge is 0.494 e. The molecule has 1 saturated heterocycles. The van der Waals surface area contributed by atoms with Crippen molar-refractivity contribution < 1.29 is 4.74 Å². The Hall–Kier alpha value is -2.33. The molecule has 0 amide bonds. The summed E-state index contributed by atoms with van der Waals surface area (Å²) in [7, 11) is 0. The molecule has 148 valence electrons. The van der Waals surface area contributed by atoms with Gasteiger partial charge in [-0.25, -0.2) is 4.98 Å². The van der Waals surface area contributed by atoms with Gasteiger partial charge in [0.2, 0.25) is 0 Å². The van der Waals surface area contributed by atoms with Gasteiger partial charge < -0.3 is 9.30 Å². The molecule has 1 fully saturated rings. The van der Waals surface area contributed by atoms with Crippen LogP contribution in [0, 0.1) is 6.92 Å². The van der Waals surface area contributed by atoms with Crippen LogP contribution in [0.4, 0.5) is 0 Å². The number of aryl methyl sites for hydroxylation is 2. The lowest BCUT2D eigenvalue weighted by Gasteiger charge is -2.24. The van der Waals surface area contributed by atoms with E-state index in [1.807, 2.05) is 12.1 Å². The quantitative estimate of drug-likeness (QED) is 0.495. The molecule has 4 nitrogen and oxygen atoms in total. The van der Waals surface area contributed by atoms with Crippen LogP contribution in [-0.4, -0.2) is 34.1 Å². The maximum Gasteiger partial charge on any atom is 0.127 e. The van der Waals surface area contributed by atoms with Crippen LogP contribution in [0.15, 0.2) is 48.5 Å². The minimum Gasteiger partial charge on any atom is -0.494 e. The summed E-state index contributed by atoms with van der Waals surface area (Å²) in [5.41, 5.74) is 3.60. The number of aromatic nitrogens is 2. The van der Waals surface area contributed by atoms with Gasteiger partial charge >= 0.3 is 0 Å². The molecular weight excluding hydrogens is 346 g/mol. The number of nitrogens with zero attached hydrogens (tertiary/aromatic N) is 3. The van der Waals surface area contributed by atoms with Crippen molar-refractivity contribution >= 4 is 11.0 Å². The highest BCUT2D eigenvalue weighted by Gasteiger charge is 2.24. The van der Waals surface area contributed by atoms with Crippen molar-refractivity contribution in [2.45, 2.75) is 52.1 Å². The molecule has 0 aliphatic carbocycles. The Morgan fingerprint density at radius 3 is 2.68 bits per heavy atom. The van der Waals surface area contributed by atoms with Crippen molar-refractivity contribution in [3.05, 3.63) is 59.9 Å². The molecule has 1 aromatic heterocycles. The van der Waals surface area contributed by atoms with E-state index in [0.29, 0.717) is 6.04 Å². The molecule has 2 aromatic carbocycles. The van der Waals surface area contributed by atoms with Gasteiger partial charge in [0.05, 0.1) is 23.7 Å². The summed E-state index contributed by atoms with van der Waals surface area (Å²) in [5.74, 6) is 2.18. The number of imidazole rings is 1. The fourth-order valence-corrected chi connectivity index (χ4v) is 4.21. The van der Waals surface area contributed by atoms with E-state index in [1.54, 1.807) is 0 Å². The van der Waals surface area contributed by atoms with Gasteiger partial charge in [0, 0.05) is 6.54 Å². The van der Waals surface area contributed by atoms with Crippen LogP contribution in [0.2, 0.25) is 0 Å². The molecule has 1 aliphatic rings. The van der Waals surface area contributed by atoms with Gasteiger partial charge in [-0.3, -0.25) is 4.90 Å². The minimum atomic E-state index is 0.374. The molecule has 1 atom stereocenters. The van der Waals surface area contributed by atoms with Crippen molar-refractivity contribution in [2.24, 2.45) is 0 Å². The first-order valence-corrected chi connectivity index (χ1v) is 10.6. The predicted molar refractivity (Wildman–Crippen MR) is 115 cm³/mol. The van der Waals surface area contributed by atoms with Gasteiger partial charge in [-0.05, 0) is 82.4 Å². The van der Waals surface area contributed by atoms with Gasteiger partial charge in [-0.2, -0.15) is 0 Å². The normalized spacial score (nSPS) is 15.9. The molecule has 0 saturated carbocycles. The number of benzene rings is 2. The molecule has 0 spiro atoms. The first-order valence-electron chi connectivity index (χ1n) is 10.6. The Labute approximate surface area is 168 Å². The van der Waals surface area contributed by atoms with Gasteiger partial charge in [-0.1, -0.05) is 24.3 Å². The van der Waals surface area contributed by atoms with Crippen molar-refractivity contribution in [1.82, 2.24) is 14.5 Å². The maximum atomic E-state index is 5.92. The van der Waals surface area contributed by atoms with Gasteiger partial charge in [0.25, 0.3) is 0 Å². The van der Waals surface area contributed by atoms with E-state index >= 15 is 0 Å². The highest BCUT2D eigenvalue weighted by molar-refractivity contribution is 5.76. The van der Waals surface area contributed by atoms with Crippen molar-refractivity contribution in [3.8, 4) is 5.75 Å².